The highest BCUT2D eigenvalue weighted by atomic mass is 32.2. The molecule has 0 fully saturated rings. The lowest BCUT2D eigenvalue weighted by Crippen LogP contribution is -1.96. The van der Waals surface area contributed by atoms with Gasteiger partial charge < -0.3 is 5.32 Å². The van der Waals surface area contributed by atoms with Crippen molar-refractivity contribution in [2.45, 2.75) is 18.7 Å². The average molecular weight is 283 g/mol. The number of hydrogen-bond donors (Lipinski definition) is 2. The lowest BCUT2D eigenvalue weighted by molar-refractivity contribution is 0.602. The Morgan fingerprint density at radius 1 is 1.16 bits per heavy atom. The minimum absolute atomic E-state index is 0.349. The Kier molecular flexibility index (Phi) is 8.28. The standard InChI is InChI=1S/C8H11NO2S.C3H4N2.C2H6/c1-9-7-3-5-8(6-4-7)12(2,10)11;1-2-4-5-3-1;1-2/h3-6,9H,1-2H3;1-3H,(H,4,5);1-2H3. The van der Waals surface area contributed by atoms with Crippen LogP contribution in [0.15, 0.2) is 47.6 Å². The Morgan fingerprint density at radius 2 is 1.74 bits per heavy atom. The normalized spacial score (nSPS) is 9.47. The first-order chi connectivity index (χ1) is 9.04. The highest BCUT2D eigenvalue weighted by Gasteiger charge is 2.04. The summed E-state index contributed by atoms with van der Waals surface area (Å²) in [5, 5.41) is 9.12. The van der Waals surface area contributed by atoms with E-state index < -0.39 is 9.84 Å². The first kappa shape index (κ1) is 17.2. The van der Waals surface area contributed by atoms with Crippen molar-refractivity contribution in [3.05, 3.63) is 42.7 Å². The molecular weight excluding hydrogens is 262 g/mol. The van der Waals surface area contributed by atoms with E-state index in [9.17, 15) is 8.42 Å². The molecule has 0 saturated carbocycles. The first-order valence-electron chi connectivity index (χ1n) is 5.95. The fourth-order valence-electron chi connectivity index (χ4n) is 1.08. The molecule has 0 aliphatic rings. The summed E-state index contributed by atoms with van der Waals surface area (Å²) in [5.41, 5.74) is 0.905. The van der Waals surface area contributed by atoms with Crippen molar-refractivity contribution in [2.75, 3.05) is 18.6 Å². The maximum absolute atomic E-state index is 11.0. The van der Waals surface area contributed by atoms with Gasteiger partial charge in [0.25, 0.3) is 0 Å². The van der Waals surface area contributed by atoms with Crippen LogP contribution in [0.5, 0.6) is 0 Å². The molecule has 0 saturated heterocycles. The van der Waals surface area contributed by atoms with Crippen molar-refractivity contribution in [3.8, 4) is 0 Å². The van der Waals surface area contributed by atoms with Crippen molar-refractivity contribution in [3.63, 3.8) is 0 Å². The third-order valence-electron chi connectivity index (χ3n) is 1.98. The molecule has 0 aliphatic heterocycles. The topological polar surface area (TPSA) is 74.8 Å². The van der Waals surface area contributed by atoms with E-state index in [1.54, 1.807) is 43.7 Å². The predicted molar refractivity (Wildman–Crippen MR) is 79.0 cm³/mol. The van der Waals surface area contributed by atoms with Crippen LogP contribution < -0.4 is 5.32 Å². The third-order valence-corrected chi connectivity index (χ3v) is 3.11. The van der Waals surface area contributed by atoms with Crippen LogP contribution in [0.3, 0.4) is 0 Å². The first-order valence-corrected chi connectivity index (χ1v) is 7.85. The van der Waals surface area contributed by atoms with Gasteiger partial charge in [0.15, 0.2) is 9.84 Å². The van der Waals surface area contributed by atoms with Gasteiger partial charge in [0.05, 0.1) is 4.90 Å². The second-order valence-corrected chi connectivity index (χ2v) is 5.33. The Balaban J connectivity index is 0.000000383. The molecule has 0 spiro atoms. The van der Waals surface area contributed by atoms with E-state index in [2.05, 4.69) is 15.5 Å². The average Bonchev–Trinajstić information content (AvgIpc) is 2.99. The summed E-state index contributed by atoms with van der Waals surface area (Å²) in [4.78, 5) is 0.349. The van der Waals surface area contributed by atoms with Gasteiger partial charge in [0, 0.05) is 31.4 Å². The molecule has 1 aromatic carbocycles. The maximum atomic E-state index is 11.0. The van der Waals surface area contributed by atoms with Gasteiger partial charge in [-0.15, -0.1) is 0 Å². The van der Waals surface area contributed by atoms with Crippen LogP contribution >= 0.6 is 0 Å². The number of hydrogen-bond acceptors (Lipinski definition) is 4. The van der Waals surface area contributed by atoms with E-state index in [4.69, 9.17) is 0 Å². The Bertz CT molecular complexity index is 502. The molecule has 0 radical (unpaired) electrons. The van der Waals surface area contributed by atoms with E-state index in [-0.39, 0.29) is 0 Å². The van der Waals surface area contributed by atoms with Gasteiger partial charge in [-0.3, -0.25) is 5.10 Å². The molecule has 0 bridgehead atoms. The van der Waals surface area contributed by atoms with E-state index in [0.29, 0.717) is 4.90 Å². The second kappa shape index (κ2) is 9.16. The zero-order valence-corrected chi connectivity index (χ0v) is 12.5. The number of benzene rings is 1. The number of anilines is 1. The van der Waals surface area contributed by atoms with Crippen LogP contribution in [0.25, 0.3) is 0 Å². The zero-order valence-electron chi connectivity index (χ0n) is 11.7. The molecule has 1 heterocycles. The summed E-state index contributed by atoms with van der Waals surface area (Å²) in [6.07, 6.45) is 4.65. The van der Waals surface area contributed by atoms with Crippen LogP contribution in [-0.2, 0) is 9.84 Å². The number of aromatic amines is 1. The molecular formula is C13H21N3O2S. The maximum Gasteiger partial charge on any atom is 0.175 e. The van der Waals surface area contributed by atoms with Crippen LogP contribution in [0.2, 0.25) is 0 Å². The molecule has 5 nitrogen and oxygen atoms in total. The van der Waals surface area contributed by atoms with Crippen LogP contribution in [0.4, 0.5) is 5.69 Å². The number of nitrogens with one attached hydrogen (secondary N) is 2. The van der Waals surface area contributed by atoms with Gasteiger partial charge in [-0.1, -0.05) is 13.8 Å². The van der Waals surface area contributed by atoms with Crippen molar-refractivity contribution in [1.29, 1.82) is 0 Å². The van der Waals surface area contributed by atoms with Gasteiger partial charge in [-0.2, -0.15) is 5.10 Å². The predicted octanol–water partition coefficient (Wildman–Crippen LogP) is 2.57. The Labute approximate surface area is 115 Å². The monoisotopic (exact) mass is 283 g/mol. The second-order valence-electron chi connectivity index (χ2n) is 3.31. The molecule has 19 heavy (non-hydrogen) atoms. The van der Waals surface area contributed by atoms with Gasteiger partial charge in [0.2, 0.25) is 0 Å². The van der Waals surface area contributed by atoms with E-state index in [0.717, 1.165) is 5.69 Å². The molecule has 1 aromatic heterocycles. The number of H-pyrrole nitrogens is 1. The molecule has 6 heteroatoms. The molecule has 106 valence electrons. The molecule has 0 amide bonds. The fourth-order valence-corrected chi connectivity index (χ4v) is 1.71. The van der Waals surface area contributed by atoms with E-state index >= 15 is 0 Å². The SMILES string of the molecule is CC.CNc1ccc(S(C)(=O)=O)cc1.c1cn[nH]c1. The van der Waals surface area contributed by atoms with Crippen molar-refractivity contribution in [2.24, 2.45) is 0 Å². The molecule has 0 unspecified atom stereocenters. The number of sulfone groups is 1. The quantitative estimate of drug-likeness (QED) is 0.888. The van der Waals surface area contributed by atoms with Crippen LogP contribution in [0.1, 0.15) is 13.8 Å². The van der Waals surface area contributed by atoms with Gasteiger partial charge in [-0.05, 0) is 30.3 Å². The highest BCUT2D eigenvalue weighted by molar-refractivity contribution is 7.90. The Hall–Kier alpha value is -1.82. The van der Waals surface area contributed by atoms with Crippen LogP contribution in [0, 0.1) is 0 Å². The molecule has 2 aromatic rings. The molecule has 0 aliphatic carbocycles. The summed E-state index contributed by atoms with van der Waals surface area (Å²) >= 11 is 0. The van der Waals surface area contributed by atoms with Crippen molar-refractivity contribution >= 4 is 15.5 Å². The van der Waals surface area contributed by atoms with Crippen LogP contribution in [-0.4, -0.2) is 31.9 Å². The van der Waals surface area contributed by atoms with E-state index in [1.165, 1.54) is 6.26 Å². The zero-order chi connectivity index (χ0) is 14.7. The van der Waals surface area contributed by atoms with Gasteiger partial charge >= 0.3 is 0 Å². The fraction of sp³-hybridized carbons (Fsp3) is 0.308. The minimum atomic E-state index is -3.06. The van der Waals surface area contributed by atoms with Gasteiger partial charge in [-0.25, -0.2) is 8.42 Å². The summed E-state index contributed by atoms with van der Waals surface area (Å²) in [6.45, 7) is 4.00. The third kappa shape index (κ3) is 7.25. The summed E-state index contributed by atoms with van der Waals surface area (Å²) in [5.74, 6) is 0. The van der Waals surface area contributed by atoms with Crippen molar-refractivity contribution in [1.82, 2.24) is 10.2 Å². The van der Waals surface area contributed by atoms with E-state index in [1.807, 2.05) is 19.9 Å². The molecule has 0 atom stereocenters. The van der Waals surface area contributed by atoms with Crippen molar-refractivity contribution < 1.29 is 8.42 Å². The summed E-state index contributed by atoms with van der Waals surface area (Å²) in [6, 6.07) is 8.47. The number of nitrogens with zero attached hydrogens (tertiary/aromatic N) is 1. The lowest BCUT2D eigenvalue weighted by Gasteiger charge is -2.00. The molecule has 2 rings (SSSR count). The summed E-state index contributed by atoms with van der Waals surface area (Å²) in [7, 11) is -1.27. The molecule has 2 N–H and O–H groups in total. The smallest absolute Gasteiger partial charge is 0.175 e. The minimum Gasteiger partial charge on any atom is -0.388 e. The highest BCUT2D eigenvalue weighted by Crippen LogP contribution is 2.12. The summed E-state index contributed by atoms with van der Waals surface area (Å²) < 4.78 is 22.0. The van der Waals surface area contributed by atoms with Gasteiger partial charge in [0.1, 0.15) is 0 Å². The number of rotatable bonds is 2. The number of aromatic nitrogens is 2. The Morgan fingerprint density at radius 3 is 2.00 bits per heavy atom. The lowest BCUT2D eigenvalue weighted by atomic mass is 10.3. The largest absolute Gasteiger partial charge is 0.388 e.